The topological polar surface area (TPSA) is 45.2 Å². The number of nitrogens with zero attached hydrogens (tertiary/aromatic N) is 2. The van der Waals surface area contributed by atoms with Gasteiger partial charge in [0.25, 0.3) is 0 Å². The van der Waals surface area contributed by atoms with E-state index in [1.54, 1.807) is 0 Å². The van der Waals surface area contributed by atoms with Crippen molar-refractivity contribution in [3.8, 4) is 11.5 Å². The second kappa shape index (κ2) is 6.30. The summed E-state index contributed by atoms with van der Waals surface area (Å²) in [4.78, 5) is 4.79. The highest BCUT2D eigenvalue weighted by atomic mass is 16.7. The molecule has 4 rings (SSSR count). The van der Waals surface area contributed by atoms with Gasteiger partial charge in [-0.1, -0.05) is 12.5 Å². The van der Waals surface area contributed by atoms with Crippen molar-refractivity contribution in [2.75, 3.05) is 39.5 Å². The van der Waals surface area contributed by atoms with Crippen LogP contribution in [0.15, 0.2) is 18.2 Å². The predicted octanol–water partition coefficient (Wildman–Crippen LogP) is 1.84. The summed E-state index contributed by atoms with van der Waals surface area (Å²) in [7, 11) is 0. The molecule has 0 bridgehead atoms. The minimum atomic E-state index is -0.548. The van der Waals surface area contributed by atoms with E-state index >= 15 is 0 Å². The average Bonchev–Trinajstić information content (AvgIpc) is 3.15. The van der Waals surface area contributed by atoms with E-state index in [4.69, 9.17) is 9.47 Å². The maximum atomic E-state index is 10.9. The molecule has 3 aliphatic heterocycles. The molecule has 0 aliphatic carbocycles. The third-order valence-corrected chi connectivity index (χ3v) is 5.22. The van der Waals surface area contributed by atoms with E-state index in [1.807, 2.05) is 6.07 Å². The van der Waals surface area contributed by atoms with Crippen LogP contribution in [0.4, 0.5) is 0 Å². The third-order valence-electron chi connectivity index (χ3n) is 5.22. The van der Waals surface area contributed by atoms with E-state index in [0.717, 1.165) is 57.2 Å². The Morgan fingerprint density at radius 3 is 2.70 bits per heavy atom. The van der Waals surface area contributed by atoms with Gasteiger partial charge < -0.3 is 19.5 Å². The summed E-state index contributed by atoms with van der Waals surface area (Å²) in [6.45, 7) is 6.01. The first kappa shape index (κ1) is 15.2. The van der Waals surface area contributed by atoms with Crippen LogP contribution in [-0.2, 0) is 6.54 Å². The zero-order chi connectivity index (χ0) is 15.7. The lowest BCUT2D eigenvalue weighted by Crippen LogP contribution is -2.46. The first-order valence-corrected chi connectivity index (χ1v) is 8.76. The number of rotatable bonds is 4. The molecule has 2 fully saturated rings. The minimum Gasteiger partial charge on any atom is -0.454 e. The molecule has 3 heterocycles. The van der Waals surface area contributed by atoms with E-state index < -0.39 is 5.60 Å². The Kier molecular flexibility index (Phi) is 4.18. The van der Waals surface area contributed by atoms with Gasteiger partial charge in [0.15, 0.2) is 11.5 Å². The van der Waals surface area contributed by atoms with Gasteiger partial charge in [-0.15, -0.1) is 0 Å². The number of fused-ring (bicyclic) bond motifs is 1. The Morgan fingerprint density at radius 2 is 1.83 bits per heavy atom. The number of benzene rings is 1. The van der Waals surface area contributed by atoms with E-state index in [-0.39, 0.29) is 0 Å². The molecule has 1 N–H and O–H groups in total. The number of hydrogen-bond donors (Lipinski definition) is 1. The van der Waals surface area contributed by atoms with Crippen LogP contribution in [-0.4, -0.2) is 60.0 Å². The zero-order valence-electron chi connectivity index (χ0n) is 13.7. The third kappa shape index (κ3) is 3.47. The fraction of sp³-hybridized carbons (Fsp3) is 0.667. The Labute approximate surface area is 137 Å². The second-order valence-electron chi connectivity index (χ2n) is 7.21. The van der Waals surface area contributed by atoms with Gasteiger partial charge in [-0.2, -0.15) is 0 Å². The number of β-amino-alcohol motifs (C(OH)–C–C–N with tert-alkyl or cyclic N) is 1. The van der Waals surface area contributed by atoms with Crippen LogP contribution < -0.4 is 9.47 Å². The van der Waals surface area contributed by atoms with Crippen LogP contribution in [0.2, 0.25) is 0 Å². The molecule has 23 heavy (non-hydrogen) atoms. The number of likely N-dealkylation sites (tertiary alicyclic amines) is 2. The Balaban J connectivity index is 1.34. The molecule has 1 atom stereocenters. The molecule has 1 aromatic rings. The smallest absolute Gasteiger partial charge is 0.231 e. The Morgan fingerprint density at radius 1 is 1.00 bits per heavy atom. The maximum Gasteiger partial charge on any atom is 0.231 e. The largest absolute Gasteiger partial charge is 0.454 e. The van der Waals surface area contributed by atoms with Gasteiger partial charge >= 0.3 is 0 Å². The number of aliphatic hydroxyl groups is 1. The minimum absolute atomic E-state index is 0.318. The van der Waals surface area contributed by atoms with Gasteiger partial charge in [0.05, 0.1) is 5.60 Å². The summed E-state index contributed by atoms with van der Waals surface area (Å²) in [6, 6.07) is 6.13. The molecule has 1 aromatic carbocycles. The van der Waals surface area contributed by atoms with Crippen molar-refractivity contribution in [1.82, 2.24) is 9.80 Å². The normalized spacial score (nSPS) is 28.4. The molecule has 0 aromatic heterocycles. The van der Waals surface area contributed by atoms with Crippen molar-refractivity contribution < 1.29 is 14.6 Å². The number of ether oxygens (including phenoxy) is 2. The highest BCUT2D eigenvalue weighted by Crippen LogP contribution is 2.33. The van der Waals surface area contributed by atoms with Crippen LogP contribution in [0.5, 0.6) is 11.5 Å². The van der Waals surface area contributed by atoms with Crippen LogP contribution in [0.1, 0.15) is 31.2 Å². The summed E-state index contributed by atoms with van der Waals surface area (Å²) < 4.78 is 10.8. The Bertz CT molecular complexity index is 559. The van der Waals surface area contributed by atoms with Gasteiger partial charge in [0, 0.05) is 26.2 Å². The standard InChI is InChI=1S/C18H26N2O3/c21-18(12-19-7-2-1-3-8-19)6-9-20(13-18)11-15-4-5-16-17(10-15)23-14-22-16/h4-5,10,21H,1-3,6-9,11-14H2/t18-/m1/s1. The Hall–Kier alpha value is -1.30. The molecule has 2 saturated heterocycles. The summed E-state index contributed by atoms with van der Waals surface area (Å²) in [5, 5.41) is 10.9. The fourth-order valence-corrected chi connectivity index (χ4v) is 4.04. The molecular formula is C18H26N2O3. The molecule has 5 heteroatoms. The molecule has 0 saturated carbocycles. The predicted molar refractivity (Wildman–Crippen MR) is 87.7 cm³/mol. The monoisotopic (exact) mass is 318 g/mol. The number of hydrogen-bond acceptors (Lipinski definition) is 5. The van der Waals surface area contributed by atoms with Crippen molar-refractivity contribution >= 4 is 0 Å². The molecule has 0 radical (unpaired) electrons. The molecule has 0 unspecified atom stereocenters. The molecule has 0 spiro atoms. The fourth-order valence-electron chi connectivity index (χ4n) is 4.04. The van der Waals surface area contributed by atoms with Crippen molar-refractivity contribution in [2.45, 2.75) is 37.8 Å². The van der Waals surface area contributed by atoms with E-state index in [9.17, 15) is 5.11 Å². The van der Waals surface area contributed by atoms with Crippen LogP contribution in [0.25, 0.3) is 0 Å². The van der Waals surface area contributed by atoms with Crippen LogP contribution in [0.3, 0.4) is 0 Å². The maximum absolute atomic E-state index is 10.9. The molecule has 3 aliphatic rings. The lowest BCUT2D eigenvalue weighted by Gasteiger charge is -2.33. The molecular weight excluding hydrogens is 292 g/mol. The van der Waals surface area contributed by atoms with Gasteiger partial charge in [-0.25, -0.2) is 0 Å². The highest BCUT2D eigenvalue weighted by Gasteiger charge is 2.37. The molecule has 0 amide bonds. The average molecular weight is 318 g/mol. The quantitative estimate of drug-likeness (QED) is 0.918. The van der Waals surface area contributed by atoms with Gasteiger partial charge in [0.1, 0.15) is 0 Å². The van der Waals surface area contributed by atoms with E-state index in [2.05, 4.69) is 21.9 Å². The van der Waals surface area contributed by atoms with Crippen molar-refractivity contribution in [2.24, 2.45) is 0 Å². The van der Waals surface area contributed by atoms with Crippen molar-refractivity contribution in [3.05, 3.63) is 23.8 Å². The second-order valence-corrected chi connectivity index (χ2v) is 7.21. The summed E-state index contributed by atoms with van der Waals surface area (Å²) in [5.41, 5.74) is 0.671. The number of piperidine rings is 1. The van der Waals surface area contributed by atoms with E-state index in [1.165, 1.54) is 24.8 Å². The SMILES string of the molecule is O[C@@]1(CN2CCCCC2)CCN(Cc2ccc3c(c2)OCO3)C1. The van der Waals surface area contributed by atoms with Gasteiger partial charge in [-0.05, 0) is 50.0 Å². The highest BCUT2D eigenvalue weighted by molar-refractivity contribution is 5.44. The van der Waals surface area contributed by atoms with Crippen molar-refractivity contribution in [1.29, 1.82) is 0 Å². The zero-order valence-corrected chi connectivity index (χ0v) is 13.7. The first-order valence-electron chi connectivity index (χ1n) is 8.76. The lowest BCUT2D eigenvalue weighted by atomic mass is 10.0. The lowest BCUT2D eigenvalue weighted by molar-refractivity contribution is 0.00635. The molecule has 126 valence electrons. The summed E-state index contributed by atoms with van der Waals surface area (Å²) >= 11 is 0. The van der Waals surface area contributed by atoms with Crippen LogP contribution >= 0.6 is 0 Å². The summed E-state index contributed by atoms with van der Waals surface area (Å²) in [5.74, 6) is 1.67. The van der Waals surface area contributed by atoms with E-state index in [0.29, 0.717) is 6.79 Å². The molecule has 5 nitrogen and oxygen atoms in total. The first-order chi connectivity index (χ1) is 11.2. The van der Waals surface area contributed by atoms with Crippen molar-refractivity contribution in [3.63, 3.8) is 0 Å². The summed E-state index contributed by atoms with van der Waals surface area (Å²) in [6.07, 6.45) is 4.76. The van der Waals surface area contributed by atoms with Gasteiger partial charge in [-0.3, -0.25) is 4.90 Å². The van der Waals surface area contributed by atoms with Gasteiger partial charge in [0.2, 0.25) is 6.79 Å². The van der Waals surface area contributed by atoms with Crippen LogP contribution in [0, 0.1) is 0 Å².